The number of benzene rings is 3. The summed E-state index contributed by atoms with van der Waals surface area (Å²) in [5, 5.41) is 23.0. The zero-order valence-corrected chi connectivity index (χ0v) is 25.3. The lowest BCUT2D eigenvalue weighted by molar-refractivity contribution is -0.138. The van der Waals surface area contributed by atoms with Gasteiger partial charge in [0.1, 0.15) is 0 Å². The normalized spacial score (nSPS) is 16.1. The van der Waals surface area contributed by atoms with E-state index in [2.05, 4.69) is 37.3 Å². The van der Waals surface area contributed by atoms with Crippen LogP contribution in [0.15, 0.2) is 78.9 Å². The van der Waals surface area contributed by atoms with E-state index in [0.29, 0.717) is 5.02 Å². The highest BCUT2D eigenvalue weighted by Crippen LogP contribution is 2.69. The maximum Gasteiger partial charge on any atom is 0.303 e. The fourth-order valence-electron chi connectivity index (χ4n) is 5.98. The van der Waals surface area contributed by atoms with Crippen LogP contribution in [-0.2, 0) is 15.1 Å². The van der Waals surface area contributed by atoms with E-state index in [1.807, 2.05) is 72.4 Å². The number of nitrogens with zero attached hydrogens (tertiary/aromatic N) is 1. The number of thioether (sulfide) groups is 1. The summed E-state index contributed by atoms with van der Waals surface area (Å²) < 4.78 is -0.639. The van der Waals surface area contributed by atoms with Gasteiger partial charge in [0.15, 0.2) is 0 Å². The Balaban J connectivity index is 1.65. The Bertz CT molecular complexity index is 1600. The third-order valence-corrected chi connectivity index (χ3v) is 10.2. The van der Waals surface area contributed by atoms with E-state index in [0.717, 1.165) is 63.9 Å². The van der Waals surface area contributed by atoms with Gasteiger partial charge in [-0.3, -0.25) is 4.79 Å². The summed E-state index contributed by atoms with van der Waals surface area (Å²) in [4.78, 5) is 17.0. The van der Waals surface area contributed by atoms with E-state index < -0.39 is 21.7 Å². The molecule has 0 amide bonds. The number of rotatable bonds is 11. The van der Waals surface area contributed by atoms with E-state index in [1.54, 1.807) is 13.8 Å². The average molecular weight is 586 g/mol. The smallest absolute Gasteiger partial charge is 0.303 e. The van der Waals surface area contributed by atoms with Crippen molar-refractivity contribution >= 4 is 52.4 Å². The van der Waals surface area contributed by atoms with Gasteiger partial charge >= 0.3 is 5.97 Å². The number of aromatic nitrogens is 1. The molecule has 5 rings (SSSR count). The van der Waals surface area contributed by atoms with Crippen molar-refractivity contribution in [2.75, 3.05) is 5.75 Å². The molecule has 1 heterocycles. The minimum Gasteiger partial charge on any atom is -0.481 e. The molecule has 2 N–H and O–H groups in total. The molecule has 0 radical (unpaired) electrons. The third-order valence-electron chi connectivity index (χ3n) is 7.99. The highest BCUT2D eigenvalue weighted by Gasteiger charge is 2.62. The van der Waals surface area contributed by atoms with Crippen molar-refractivity contribution in [3.8, 4) is 0 Å². The molecule has 4 aromatic rings. The molecule has 4 nitrogen and oxygen atoms in total. The molecule has 212 valence electrons. The fraction of sp³-hybridized carbons (Fsp3) is 0.314. The van der Waals surface area contributed by atoms with Crippen LogP contribution < -0.4 is 0 Å². The molecule has 3 aromatic carbocycles. The first-order valence-corrected chi connectivity index (χ1v) is 15.5. The predicted octanol–water partition coefficient (Wildman–Crippen LogP) is 8.93. The molecule has 0 bridgehead atoms. The lowest BCUT2D eigenvalue weighted by Gasteiger charge is -2.44. The van der Waals surface area contributed by atoms with Crippen molar-refractivity contribution in [3.05, 3.63) is 112 Å². The van der Waals surface area contributed by atoms with Crippen LogP contribution in [0.2, 0.25) is 5.02 Å². The number of halogens is 1. The van der Waals surface area contributed by atoms with E-state index in [9.17, 15) is 15.0 Å². The van der Waals surface area contributed by atoms with Crippen molar-refractivity contribution in [2.24, 2.45) is 5.41 Å². The SMILES string of the molecule is CCCSC(c1cccc(C=Cc2ccc3ccc(Cl)cc3n2)c1)(c1ccccc1C(C)(C)O)C1(CC(=O)O)CC1. The number of hydrogen-bond acceptors (Lipinski definition) is 4. The van der Waals surface area contributed by atoms with Gasteiger partial charge in [0.05, 0.1) is 28.0 Å². The molecule has 41 heavy (non-hydrogen) atoms. The average Bonchev–Trinajstić information content (AvgIpc) is 3.72. The number of aliphatic carboxylic acids is 1. The van der Waals surface area contributed by atoms with Crippen LogP contribution in [-0.4, -0.2) is 26.9 Å². The van der Waals surface area contributed by atoms with Crippen molar-refractivity contribution < 1.29 is 15.0 Å². The minimum atomic E-state index is -1.09. The van der Waals surface area contributed by atoms with Gasteiger partial charge in [0.2, 0.25) is 0 Å². The maximum atomic E-state index is 12.3. The summed E-state index contributed by atoms with van der Waals surface area (Å²) in [6, 6.07) is 26.2. The first kappa shape index (κ1) is 29.4. The van der Waals surface area contributed by atoms with Gasteiger partial charge in [0.25, 0.3) is 0 Å². The molecule has 1 fully saturated rings. The van der Waals surface area contributed by atoms with E-state index in [4.69, 9.17) is 16.6 Å². The number of aliphatic hydroxyl groups is 1. The molecule has 0 aliphatic heterocycles. The van der Waals surface area contributed by atoms with Crippen LogP contribution in [0.3, 0.4) is 0 Å². The van der Waals surface area contributed by atoms with Gasteiger partial charge in [-0.15, -0.1) is 11.8 Å². The standard InChI is InChI=1S/C35H36ClNO3S/c1-4-20-41-35(34(18-19-34)23-32(38)39,30-11-6-5-10-29(30)33(2,3)40)26-9-7-8-24(21-26)12-16-28-17-14-25-13-15-27(36)22-31(25)37-28/h5-17,21-22,40H,4,18-20,23H2,1-3H3,(H,38,39). The quantitative estimate of drug-likeness (QED) is 0.184. The second kappa shape index (κ2) is 11.6. The summed E-state index contributed by atoms with van der Waals surface area (Å²) in [5.41, 5.74) is 4.02. The molecular weight excluding hydrogens is 550 g/mol. The third kappa shape index (κ3) is 5.94. The summed E-state index contributed by atoms with van der Waals surface area (Å²) in [5.74, 6) is 0.0776. The van der Waals surface area contributed by atoms with Crippen LogP contribution in [0.5, 0.6) is 0 Å². The predicted molar refractivity (Wildman–Crippen MR) is 171 cm³/mol. The molecule has 0 spiro atoms. The summed E-state index contributed by atoms with van der Waals surface area (Å²) in [7, 11) is 0. The minimum absolute atomic E-state index is 0.0769. The number of hydrogen-bond donors (Lipinski definition) is 2. The molecule has 1 unspecified atom stereocenters. The Morgan fingerprint density at radius 3 is 2.41 bits per heavy atom. The van der Waals surface area contributed by atoms with Gasteiger partial charge in [-0.05, 0) is 91.5 Å². The fourth-order valence-corrected chi connectivity index (χ4v) is 7.86. The monoisotopic (exact) mass is 585 g/mol. The Kier molecular flexibility index (Phi) is 8.34. The zero-order chi connectivity index (χ0) is 29.3. The number of carbonyl (C=O) groups is 1. The van der Waals surface area contributed by atoms with Crippen LogP contribution >= 0.6 is 23.4 Å². The van der Waals surface area contributed by atoms with Crippen molar-refractivity contribution in [2.45, 2.75) is 56.8 Å². The Hall–Kier alpha value is -3.12. The van der Waals surface area contributed by atoms with Crippen LogP contribution in [0.4, 0.5) is 0 Å². The van der Waals surface area contributed by atoms with Crippen LogP contribution in [0.25, 0.3) is 23.1 Å². The van der Waals surface area contributed by atoms with Gasteiger partial charge in [-0.1, -0.05) is 79.2 Å². The van der Waals surface area contributed by atoms with Gasteiger partial charge in [0, 0.05) is 15.8 Å². The molecule has 6 heteroatoms. The van der Waals surface area contributed by atoms with Gasteiger partial charge in [-0.2, -0.15) is 0 Å². The lowest BCUT2D eigenvalue weighted by Crippen LogP contribution is -2.39. The highest BCUT2D eigenvalue weighted by molar-refractivity contribution is 8.00. The second-order valence-electron chi connectivity index (χ2n) is 11.5. The van der Waals surface area contributed by atoms with E-state index in [1.165, 1.54) is 0 Å². The first-order chi connectivity index (χ1) is 19.6. The highest BCUT2D eigenvalue weighted by atomic mass is 35.5. The van der Waals surface area contributed by atoms with Gasteiger partial charge < -0.3 is 10.2 Å². The molecule has 0 saturated heterocycles. The zero-order valence-electron chi connectivity index (χ0n) is 23.7. The number of carboxylic acid groups (broad SMARTS) is 1. The summed E-state index contributed by atoms with van der Waals surface area (Å²) in [6.07, 6.45) is 6.72. The Morgan fingerprint density at radius 1 is 1.00 bits per heavy atom. The number of pyridine rings is 1. The van der Waals surface area contributed by atoms with Crippen LogP contribution in [0, 0.1) is 5.41 Å². The van der Waals surface area contributed by atoms with Gasteiger partial charge in [-0.25, -0.2) is 4.98 Å². The van der Waals surface area contributed by atoms with Crippen LogP contribution in [0.1, 0.15) is 74.4 Å². The molecule has 1 aliphatic carbocycles. The molecule has 1 atom stereocenters. The van der Waals surface area contributed by atoms with Crippen molar-refractivity contribution in [1.82, 2.24) is 4.98 Å². The molecule has 1 aromatic heterocycles. The maximum absolute atomic E-state index is 12.3. The first-order valence-electron chi connectivity index (χ1n) is 14.1. The Labute approximate surface area is 251 Å². The topological polar surface area (TPSA) is 70.4 Å². The summed E-state index contributed by atoms with van der Waals surface area (Å²) >= 11 is 8.01. The van der Waals surface area contributed by atoms with E-state index in [-0.39, 0.29) is 6.42 Å². The molecule has 1 saturated carbocycles. The van der Waals surface area contributed by atoms with Crippen molar-refractivity contribution in [3.63, 3.8) is 0 Å². The largest absolute Gasteiger partial charge is 0.481 e. The molecular formula is C35H36ClNO3S. The number of carboxylic acids is 1. The molecule has 1 aliphatic rings. The second-order valence-corrected chi connectivity index (χ2v) is 13.3. The van der Waals surface area contributed by atoms with E-state index >= 15 is 0 Å². The summed E-state index contributed by atoms with van der Waals surface area (Å²) in [6.45, 7) is 5.76. The Morgan fingerprint density at radius 2 is 1.73 bits per heavy atom. The van der Waals surface area contributed by atoms with Crippen molar-refractivity contribution in [1.29, 1.82) is 0 Å². The lowest BCUT2D eigenvalue weighted by atomic mass is 9.72. The number of fused-ring (bicyclic) bond motifs is 1.